The van der Waals surface area contributed by atoms with E-state index in [1.807, 2.05) is 0 Å². The Kier molecular flexibility index (Phi) is 6.96. The van der Waals surface area contributed by atoms with Gasteiger partial charge in [0.1, 0.15) is 0 Å². The molecule has 0 spiro atoms. The molecule has 4 nitrogen and oxygen atoms in total. The smallest absolute Gasteiger partial charge is 0.241 e. The van der Waals surface area contributed by atoms with Gasteiger partial charge in [-0.1, -0.05) is 27.2 Å². The molecular formula is C16H33N3O. The summed E-state index contributed by atoms with van der Waals surface area (Å²) < 4.78 is 0. The molecule has 0 aliphatic carbocycles. The van der Waals surface area contributed by atoms with Crippen LogP contribution in [0.4, 0.5) is 0 Å². The first-order valence-electron chi connectivity index (χ1n) is 8.15. The molecule has 1 saturated heterocycles. The summed E-state index contributed by atoms with van der Waals surface area (Å²) in [6, 6.07) is 0.603. The first-order valence-corrected chi connectivity index (χ1v) is 8.15. The van der Waals surface area contributed by atoms with Crippen LogP contribution in [0.25, 0.3) is 0 Å². The van der Waals surface area contributed by atoms with Crippen LogP contribution in [0.15, 0.2) is 0 Å². The zero-order valence-electron chi connectivity index (χ0n) is 14.1. The van der Waals surface area contributed by atoms with Gasteiger partial charge in [0.15, 0.2) is 0 Å². The van der Waals surface area contributed by atoms with Gasteiger partial charge in [-0.05, 0) is 46.2 Å². The third-order valence-electron chi connectivity index (χ3n) is 4.29. The summed E-state index contributed by atoms with van der Waals surface area (Å²) in [6.45, 7) is 12.8. The van der Waals surface area contributed by atoms with Gasteiger partial charge in [0, 0.05) is 12.6 Å². The molecule has 2 atom stereocenters. The Hall–Kier alpha value is -0.610. The largest absolute Gasteiger partial charge is 0.325 e. The molecule has 1 N–H and O–H groups in total. The number of nitrogens with zero attached hydrogens (tertiary/aromatic N) is 2. The second-order valence-corrected chi connectivity index (χ2v) is 6.66. The van der Waals surface area contributed by atoms with Gasteiger partial charge in [0.2, 0.25) is 5.91 Å². The number of rotatable bonds is 8. The highest BCUT2D eigenvalue weighted by Gasteiger charge is 2.38. The molecule has 1 rings (SSSR count). The second-order valence-electron chi connectivity index (χ2n) is 6.66. The maximum Gasteiger partial charge on any atom is 0.241 e. The van der Waals surface area contributed by atoms with Gasteiger partial charge in [-0.15, -0.1) is 0 Å². The lowest BCUT2D eigenvalue weighted by atomic mass is 10.1. The van der Waals surface area contributed by atoms with Crippen molar-refractivity contribution >= 4 is 5.91 Å². The fourth-order valence-electron chi connectivity index (χ4n) is 2.75. The van der Waals surface area contributed by atoms with Crippen molar-refractivity contribution in [3.63, 3.8) is 0 Å². The highest BCUT2D eigenvalue weighted by Crippen LogP contribution is 2.20. The Morgan fingerprint density at radius 3 is 2.45 bits per heavy atom. The van der Waals surface area contributed by atoms with Gasteiger partial charge in [-0.3, -0.25) is 10.1 Å². The average molecular weight is 283 g/mol. The molecule has 0 saturated carbocycles. The van der Waals surface area contributed by atoms with Gasteiger partial charge >= 0.3 is 0 Å². The Morgan fingerprint density at radius 2 is 1.95 bits per heavy atom. The van der Waals surface area contributed by atoms with Gasteiger partial charge in [-0.2, -0.15) is 0 Å². The maximum absolute atomic E-state index is 12.5. The maximum atomic E-state index is 12.5. The summed E-state index contributed by atoms with van der Waals surface area (Å²) >= 11 is 0. The summed E-state index contributed by atoms with van der Waals surface area (Å²) in [5.41, 5.74) is 0. The zero-order chi connectivity index (χ0) is 15.3. The normalized spacial score (nSPS) is 23.6. The number of carbonyl (C=O) groups excluding carboxylic acids is 1. The number of hydrogen-bond acceptors (Lipinski definition) is 3. The second kappa shape index (κ2) is 7.99. The molecule has 1 aliphatic heterocycles. The fourth-order valence-corrected chi connectivity index (χ4v) is 2.75. The van der Waals surface area contributed by atoms with Crippen molar-refractivity contribution in [2.75, 3.05) is 20.1 Å². The van der Waals surface area contributed by atoms with Crippen LogP contribution in [0, 0.1) is 5.92 Å². The number of carbonyl (C=O) groups is 1. The molecule has 1 fully saturated rings. The molecule has 118 valence electrons. The van der Waals surface area contributed by atoms with Crippen LogP contribution in [0.3, 0.4) is 0 Å². The van der Waals surface area contributed by atoms with Crippen molar-refractivity contribution in [3.8, 4) is 0 Å². The van der Waals surface area contributed by atoms with E-state index < -0.39 is 0 Å². The van der Waals surface area contributed by atoms with Gasteiger partial charge in [0.25, 0.3) is 0 Å². The Balaban J connectivity index is 2.54. The molecule has 0 aromatic rings. The van der Waals surface area contributed by atoms with E-state index in [4.69, 9.17) is 0 Å². The van der Waals surface area contributed by atoms with E-state index in [2.05, 4.69) is 56.8 Å². The molecule has 0 bridgehead atoms. The molecular weight excluding hydrogens is 250 g/mol. The number of hydrogen-bond donors (Lipinski definition) is 1. The van der Waals surface area contributed by atoms with E-state index >= 15 is 0 Å². The summed E-state index contributed by atoms with van der Waals surface area (Å²) in [6.07, 6.45) is 3.26. The summed E-state index contributed by atoms with van der Waals surface area (Å²) in [5.74, 6) is 0.765. The Morgan fingerprint density at radius 1 is 1.30 bits per heavy atom. The lowest BCUT2D eigenvalue weighted by Crippen LogP contribution is -2.42. The van der Waals surface area contributed by atoms with Crippen molar-refractivity contribution in [3.05, 3.63) is 0 Å². The molecule has 1 amide bonds. The quantitative estimate of drug-likeness (QED) is 0.742. The minimum Gasteiger partial charge on any atom is -0.325 e. The first kappa shape index (κ1) is 17.4. The SMILES string of the molecule is CCCC1NC(C(C)C)N(CCCN(C)C(C)C)C1=O. The first-order chi connectivity index (χ1) is 9.38. The average Bonchev–Trinajstić information content (AvgIpc) is 2.68. The summed E-state index contributed by atoms with van der Waals surface area (Å²) in [4.78, 5) is 16.9. The highest BCUT2D eigenvalue weighted by atomic mass is 16.2. The summed E-state index contributed by atoms with van der Waals surface area (Å²) in [7, 11) is 2.15. The van der Waals surface area contributed by atoms with Crippen LogP contribution in [0.1, 0.15) is 53.9 Å². The monoisotopic (exact) mass is 283 g/mol. The molecule has 0 aromatic carbocycles. The van der Waals surface area contributed by atoms with Crippen molar-refractivity contribution < 1.29 is 4.79 Å². The van der Waals surface area contributed by atoms with E-state index in [1.165, 1.54) is 0 Å². The van der Waals surface area contributed by atoms with E-state index in [1.54, 1.807) is 0 Å². The van der Waals surface area contributed by atoms with Crippen LogP contribution in [0.5, 0.6) is 0 Å². The van der Waals surface area contributed by atoms with Crippen LogP contribution < -0.4 is 5.32 Å². The lowest BCUT2D eigenvalue weighted by molar-refractivity contribution is -0.130. The Labute approximate surface area is 124 Å². The molecule has 2 unspecified atom stereocenters. The number of nitrogens with one attached hydrogen (secondary N) is 1. The molecule has 20 heavy (non-hydrogen) atoms. The van der Waals surface area contributed by atoms with Crippen LogP contribution in [0.2, 0.25) is 0 Å². The van der Waals surface area contributed by atoms with Gasteiger partial charge in [-0.25, -0.2) is 0 Å². The minimum atomic E-state index is 0.0372. The third kappa shape index (κ3) is 4.45. The van der Waals surface area contributed by atoms with Crippen LogP contribution in [-0.4, -0.2) is 54.1 Å². The zero-order valence-corrected chi connectivity index (χ0v) is 14.1. The third-order valence-corrected chi connectivity index (χ3v) is 4.29. The predicted molar refractivity (Wildman–Crippen MR) is 84.6 cm³/mol. The van der Waals surface area contributed by atoms with Gasteiger partial charge < -0.3 is 9.80 Å². The number of amides is 1. The molecule has 0 aromatic heterocycles. The standard InChI is InChI=1S/C16H33N3O/c1-7-9-14-16(20)19(15(17-14)12(2)3)11-8-10-18(6)13(4)5/h12-15,17H,7-11H2,1-6H3. The molecule has 1 aliphatic rings. The minimum absolute atomic E-state index is 0.0372. The van der Waals surface area contributed by atoms with E-state index in [0.717, 1.165) is 32.4 Å². The van der Waals surface area contributed by atoms with Crippen molar-refractivity contribution in [2.45, 2.75) is 72.1 Å². The fraction of sp³-hybridized carbons (Fsp3) is 0.938. The van der Waals surface area contributed by atoms with E-state index in [0.29, 0.717) is 17.9 Å². The van der Waals surface area contributed by atoms with Crippen LogP contribution >= 0.6 is 0 Å². The molecule has 0 radical (unpaired) electrons. The molecule has 1 heterocycles. The molecule has 4 heteroatoms. The Bertz CT molecular complexity index is 304. The van der Waals surface area contributed by atoms with E-state index in [9.17, 15) is 4.79 Å². The topological polar surface area (TPSA) is 35.6 Å². The van der Waals surface area contributed by atoms with Crippen molar-refractivity contribution in [1.29, 1.82) is 0 Å². The van der Waals surface area contributed by atoms with E-state index in [-0.39, 0.29) is 12.2 Å². The van der Waals surface area contributed by atoms with Crippen molar-refractivity contribution in [2.24, 2.45) is 5.92 Å². The lowest BCUT2D eigenvalue weighted by Gasteiger charge is -2.28. The van der Waals surface area contributed by atoms with Gasteiger partial charge in [0.05, 0.1) is 12.2 Å². The highest BCUT2D eigenvalue weighted by molar-refractivity contribution is 5.84. The summed E-state index contributed by atoms with van der Waals surface area (Å²) in [5, 5.41) is 3.51. The predicted octanol–water partition coefficient (Wildman–Crippen LogP) is 2.30. The van der Waals surface area contributed by atoms with Crippen molar-refractivity contribution in [1.82, 2.24) is 15.1 Å². The van der Waals surface area contributed by atoms with Crippen LogP contribution in [-0.2, 0) is 4.79 Å².